The maximum absolute atomic E-state index is 10.2. The molecule has 2 aliphatic heterocycles. The molecule has 21 heavy (non-hydrogen) atoms. The monoisotopic (exact) mass is 285 g/mol. The molecule has 3 heteroatoms. The van der Waals surface area contributed by atoms with E-state index in [-0.39, 0.29) is 11.5 Å². The molecule has 2 heterocycles. The lowest BCUT2D eigenvalue weighted by molar-refractivity contribution is -0.00408. The summed E-state index contributed by atoms with van der Waals surface area (Å²) in [7, 11) is 0. The summed E-state index contributed by atoms with van der Waals surface area (Å²) in [6.07, 6.45) is 7.00. The number of phenols is 1. The highest BCUT2D eigenvalue weighted by atomic mass is 16.5. The fraction of sp³-hybridized carbons (Fsp3) is 0.556. The Bertz CT molecular complexity index is 570. The molecule has 3 atom stereocenters. The van der Waals surface area contributed by atoms with Gasteiger partial charge >= 0.3 is 0 Å². The van der Waals surface area contributed by atoms with Crippen LogP contribution in [-0.2, 0) is 5.41 Å². The molecule has 0 radical (unpaired) electrons. The molecule has 1 saturated heterocycles. The van der Waals surface area contributed by atoms with Crippen molar-refractivity contribution < 1.29 is 9.84 Å². The zero-order valence-electron chi connectivity index (χ0n) is 12.4. The smallest absolute Gasteiger partial charge is 0.165 e. The summed E-state index contributed by atoms with van der Waals surface area (Å²) < 4.78 is 6.21. The molecule has 4 rings (SSSR count). The maximum atomic E-state index is 10.2. The van der Waals surface area contributed by atoms with Crippen LogP contribution in [0.5, 0.6) is 11.5 Å². The minimum Gasteiger partial charge on any atom is -0.504 e. The summed E-state index contributed by atoms with van der Waals surface area (Å²) in [6, 6.07) is 5.89. The molecule has 2 fully saturated rings. The molecular formula is C18H23NO2. The van der Waals surface area contributed by atoms with Crippen molar-refractivity contribution in [1.82, 2.24) is 4.90 Å². The number of phenolic OH excluding ortho intramolecular Hbond substituents is 1. The minimum absolute atomic E-state index is 0.129. The number of piperidine rings is 1. The van der Waals surface area contributed by atoms with Crippen LogP contribution < -0.4 is 4.74 Å². The van der Waals surface area contributed by atoms with Gasteiger partial charge in [0.25, 0.3) is 0 Å². The van der Waals surface area contributed by atoms with Gasteiger partial charge in [-0.1, -0.05) is 18.2 Å². The molecule has 112 valence electrons. The summed E-state index contributed by atoms with van der Waals surface area (Å²) in [5, 5.41) is 10.2. The van der Waals surface area contributed by atoms with Gasteiger partial charge < -0.3 is 9.84 Å². The third kappa shape index (κ3) is 1.76. The van der Waals surface area contributed by atoms with E-state index in [1.54, 1.807) is 6.07 Å². The molecule has 1 spiro atoms. The lowest BCUT2D eigenvalue weighted by Crippen LogP contribution is -2.56. The molecule has 1 saturated carbocycles. The normalized spacial score (nSPS) is 34.5. The van der Waals surface area contributed by atoms with E-state index in [1.165, 1.54) is 18.4 Å². The van der Waals surface area contributed by atoms with Gasteiger partial charge in [-0.05, 0) is 44.2 Å². The second kappa shape index (κ2) is 4.77. The van der Waals surface area contributed by atoms with Crippen molar-refractivity contribution in [3.8, 4) is 11.5 Å². The Kier molecular flexibility index (Phi) is 3.00. The fourth-order valence-electron chi connectivity index (χ4n) is 4.89. The van der Waals surface area contributed by atoms with E-state index < -0.39 is 0 Å². The number of ether oxygens (including phenoxy) is 1. The first-order valence-corrected chi connectivity index (χ1v) is 8.08. The molecule has 3 unspecified atom stereocenters. The lowest BCUT2D eigenvalue weighted by atomic mass is 9.58. The predicted octanol–water partition coefficient (Wildman–Crippen LogP) is 3.08. The molecule has 3 nitrogen and oxygen atoms in total. The van der Waals surface area contributed by atoms with Crippen molar-refractivity contribution in [2.24, 2.45) is 5.92 Å². The van der Waals surface area contributed by atoms with Crippen LogP contribution in [0, 0.1) is 5.92 Å². The number of hydrogen-bond donors (Lipinski definition) is 1. The van der Waals surface area contributed by atoms with E-state index in [1.807, 2.05) is 12.1 Å². The molecule has 0 amide bonds. The second-order valence-electron chi connectivity index (χ2n) is 6.73. The molecule has 0 aromatic heterocycles. The van der Waals surface area contributed by atoms with Crippen LogP contribution in [0.2, 0.25) is 0 Å². The molecule has 1 aliphatic carbocycles. The second-order valence-corrected chi connectivity index (χ2v) is 6.73. The molecule has 0 bridgehead atoms. The van der Waals surface area contributed by atoms with E-state index in [2.05, 4.69) is 17.5 Å². The van der Waals surface area contributed by atoms with Crippen LogP contribution in [0.3, 0.4) is 0 Å². The summed E-state index contributed by atoms with van der Waals surface area (Å²) in [6.45, 7) is 7.07. The number of benzene rings is 1. The van der Waals surface area contributed by atoms with Crippen LogP contribution in [0.15, 0.2) is 30.9 Å². The van der Waals surface area contributed by atoms with Gasteiger partial charge in [0.2, 0.25) is 0 Å². The Hall–Kier alpha value is -1.48. The van der Waals surface area contributed by atoms with Crippen LogP contribution in [-0.4, -0.2) is 35.7 Å². The topological polar surface area (TPSA) is 32.7 Å². The van der Waals surface area contributed by atoms with Crippen molar-refractivity contribution in [3.05, 3.63) is 36.4 Å². The predicted molar refractivity (Wildman–Crippen MR) is 82.8 cm³/mol. The van der Waals surface area contributed by atoms with Crippen LogP contribution >= 0.6 is 0 Å². The maximum Gasteiger partial charge on any atom is 0.165 e. The Labute approximate surface area is 126 Å². The van der Waals surface area contributed by atoms with E-state index in [4.69, 9.17) is 4.74 Å². The largest absolute Gasteiger partial charge is 0.504 e. The quantitative estimate of drug-likeness (QED) is 0.848. The SMILES string of the molecule is C=CCN1CCC23c4cccc(O)c4OC2CCCC3C1. The molecule has 1 N–H and O–H groups in total. The summed E-state index contributed by atoms with van der Waals surface area (Å²) in [5.74, 6) is 1.70. The lowest BCUT2D eigenvalue weighted by Gasteiger charge is -2.50. The summed E-state index contributed by atoms with van der Waals surface area (Å²) in [4.78, 5) is 2.51. The van der Waals surface area contributed by atoms with Crippen molar-refractivity contribution in [2.75, 3.05) is 19.6 Å². The van der Waals surface area contributed by atoms with Gasteiger partial charge in [-0.25, -0.2) is 0 Å². The van der Waals surface area contributed by atoms with Crippen molar-refractivity contribution >= 4 is 0 Å². The van der Waals surface area contributed by atoms with Crippen molar-refractivity contribution in [1.29, 1.82) is 0 Å². The standard InChI is InChI=1S/C18H23NO2/c1-2-10-19-11-9-18-13(12-19)5-3-8-16(18)21-17-14(18)6-4-7-15(17)20/h2,4,6-7,13,16,20H,1,3,5,8-12H2. The Morgan fingerprint density at radius 1 is 1.43 bits per heavy atom. The first-order valence-electron chi connectivity index (χ1n) is 8.08. The van der Waals surface area contributed by atoms with Gasteiger partial charge in [0.15, 0.2) is 11.5 Å². The van der Waals surface area contributed by atoms with E-state index in [0.717, 1.165) is 38.2 Å². The third-order valence-electron chi connectivity index (χ3n) is 5.79. The van der Waals surface area contributed by atoms with E-state index in [0.29, 0.717) is 11.7 Å². The van der Waals surface area contributed by atoms with Gasteiger partial charge in [-0.15, -0.1) is 6.58 Å². The molecule has 1 aromatic rings. The van der Waals surface area contributed by atoms with Crippen LogP contribution in [0.4, 0.5) is 0 Å². The van der Waals surface area contributed by atoms with Gasteiger partial charge in [0.05, 0.1) is 0 Å². The van der Waals surface area contributed by atoms with Gasteiger partial charge in [0.1, 0.15) is 6.10 Å². The average Bonchev–Trinajstić information content (AvgIpc) is 2.82. The first-order chi connectivity index (χ1) is 10.3. The zero-order valence-corrected chi connectivity index (χ0v) is 12.4. The number of nitrogens with zero attached hydrogens (tertiary/aromatic N) is 1. The third-order valence-corrected chi connectivity index (χ3v) is 5.79. The number of rotatable bonds is 2. The van der Waals surface area contributed by atoms with E-state index >= 15 is 0 Å². The van der Waals surface area contributed by atoms with Gasteiger partial charge in [-0.2, -0.15) is 0 Å². The van der Waals surface area contributed by atoms with Crippen molar-refractivity contribution in [3.63, 3.8) is 0 Å². The number of aromatic hydroxyl groups is 1. The molecule has 1 aromatic carbocycles. The highest BCUT2D eigenvalue weighted by molar-refractivity contribution is 5.54. The van der Waals surface area contributed by atoms with Crippen LogP contribution in [0.25, 0.3) is 0 Å². The zero-order chi connectivity index (χ0) is 14.4. The van der Waals surface area contributed by atoms with Crippen molar-refractivity contribution in [2.45, 2.75) is 37.2 Å². The van der Waals surface area contributed by atoms with Crippen LogP contribution in [0.1, 0.15) is 31.2 Å². The highest BCUT2D eigenvalue weighted by Gasteiger charge is 2.57. The number of para-hydroxylation sites is 1. The first kappa shape index (κ1) is 13.2. The van der Waals surface area contributed by atoms with Gasteiger partial charge in [-0.3, -0.25) is 4.90 Å². The van der Waals surface area contributed by atoms with Gasteiger partial charge in [0, 0.05) is 24.1 Å². The fourth-order valence-corrected chi connectivity index (χ4v) is 4.89. The molecular weight excluding hydrogens is 262 g/mol. The summed E-state index contributed by atoms with van der Waals surface area (Å²) >= 11 is 0. The molecule has 3 aliphatic rings. The number of fused-ring (bicyclic) bond motifs is 1. The Morgan fingerprint density at radius 2 is 2.33 bits per heavy atom. The summed E-state index contributed by atoms with van der Waals surface area (Å²) in [5.41, 5.74) is 1.39. The average molecular weight is 285 g/mol. The van der Waals surface area contributed by atoms with E-state index in [9.17, 15) is 5.11 Å². The number of likely N-dealkylation sites (tertiary alicyclic amines) is 1. The Morgan fingerprint density at radius 3 is 3.19 bits per heavy atom. The Balaban J connectivity index is 1.75. The highest BCUT2D eigenvalue weighted by Crippen LogP contribution is 2.58. The minimum atomic E-state index is 0.129. The number of hydrogen-bond acceptors (Lipinski definition) is 3.